The summed E-state index contributed by atoms with van der Waals surface area (Å²) in [6, 6.07) is 1.06. The minimum Gasteiger partial charge on any atom is -0.371 e. The van der Waals surface area contributed by atoms with Crippen molar-refractivity contribution in [3.8, 4) is 0 Å². The highest BCUT2D eigenvalue weighted by Gasteiger charge is 2.53. The lowest BCUT2D eigenvalue weighted by Crippen LogP contribution is -2.39. The van der Waals surface area contributed by atoms with Crippen molar-refractivity contribution in [3.63, 3.8) is 0 Å². The van der Waals surface area contributed by atoms with Crippen molar-refractivity contribution in [1.82, 2.24) is 5.32 Å². The van der Waals surface area contributed by atoms with Gasteiger partial charge in [-0.05, 0) is 17.3 Å². The van der Waals surface area contributed by atoms with E-state index in [2.05, 4.69) is 38.0 Å². The summed E-state index contributed by atoms with van der Waals surface area (Å²) in [7, 11) is 0. The molecule has 2 rings (SSSR count). The Labute approximate surface area is 74.5 Å². The predicted octanol–water partition coefficient (Wildman–Crippen LogP) is 1.81. The van der Waals surface area contributed by atoms with Gasteiger partial charge in [0.15, 0.2) is 0 Å². The topological polar surface area (TPSA) is 24.4 Å². The van der Waals surface area contributed by atoms with E-state index in [1.807, 2.05) is 6.34 Å². The van der Waals surface area contributed by atoms with Crippen LogP contribution in [0.2, 0.25) is 0 Å². The van der Waals surface area contributed by atoms with Crippen molar-refractivity contribution in [2.75, 3.05) is 0 Å². The monoisotopic (exact) mass is 166 g/mol. The third kappa shape index (κ3) is 0.900. The molecule has 12 heavy (non-hydrogen) atoms. The number of nitrogens with zero attached hydrogens (tertiary/aromatic N) is 1. The Balaban J connectivity index is 2.33. The molecule has 0 aromatic carbocycles. The number of hydrogen-bond donors (Lipinski definition) is 1. The highest BCUT2D eigenvalue weighted by molar-refractivity contribution is 5.59. The third-order valence-electron chi connectivity index (χ3n) is 3.36. The van der Waals surface area contributed by atoms with E-state index in [0.717, 1.165) is 0 Å². The Morgan fingerprint density at radius 1 is 1.25 bits per heavy atom. The van der Waals surface area contributed by atoms with Crippen molar-refractivity contribution >= 4 is 6.34 Å². The molecular weight excluding hydrogens is 148 g/mol. The van der Waals surface area contributed by atoms with Crippen molar-refractivity contribution in [1.29, 1.82) is 0 Å². The first-order chi connectivity index (χ1) is 5.43. The average Bonchev–Trinajstić information content (AvgIpc) is 2.34. The zero-order chi connectivity index (χ0) is 8.98. The first kappa shape index (κ1) is 8.09. The molecule has 2 aliphatic rings. The van der Waals surface area contributed by atoms with Crippen molar-refractivity contribution < 1.29 is 0 Å². The number of hydrogen-bond acceptors (Lipinski definition) is 2. The van der Waals surface area contributed by atoms with Gasteiger partial charge in [0, 0.05) is 0 Å². The Kier molecular flexibility index (Phi) is 1.37. The first-order valence-corrected chi connectivity index (χ1v) is 4.71. The van der Waals surface area contributed by atoms with Gasteiger partial charge in [-0.3, -0.25) is 4.99 Å². The molecule has 2 nitrogen and oxygen atoms in total. The molecule has 0 aromatic heterocycles. The number of rotatable bonds is 0. The van der Waals surface area contributed by atoms with Gasteiger partial charge in [0.25, 0.3) is 0 Å². The summed E-state index contributed by atoms with van der Waals surface area (Å²) in [6.45, 7) is 9.32. The zero-order valence-electron chi connectivity index (χ0n) is 8.39. The average molecular weight is 166 g/mol. The summed E-state index contributed by atoms with van der Waals surface area (Å²) in [5, 5.41) is 3.37. The molecule has 0 unspecified atom stereocenters. The summed E-state index contributed by atoms with van der Waals surface area (Å²) in [5.74, 6) is 0. The largest absolute Gasteiger partial charge is 0.371 e. The van der Waals surface area contributed by atoms with Crippen LogP contribution in [0.4, 0.5) is 0 Å². The Morgan fingerprint density at radius 2 is 1.92 bits per heavy atom. The van der Waals surface area contributed by atoms with E-state index in [9.17, 15) is 0 Å². The van der Waals surface area contributed by atoms with Crippen LogP contribution in [-0.2, 0) is 0 Å². The van der Waals surface area contributed by atoms with Gasteiger partial charge in [-0.25, -0.2) is 0 Å². The van der Waals surface area contributed by atoms with Gasteiger partial charge in [-0.2, -0.15) is 0 Å². The van der Waals surface area contributed by atoms with E-state index >= 15 is 0 Å². The summed E-state index contributed by atoms with van der Waals surface area (Å²) < 4.78 is 0. The lowest BCUT2D eigenvalue weighted by atomic mass is 9.83. The van der Waals surface area contributed by atoms with Gasteiger partial charge in [0.05, 0.1) is 18.4 Å². The van der Waals surface area contributed by atoms with Gasteiger partial charge in [0.1, 0.15) is 0 Å². The Morgan fingerprint density at radius 3 is 2.50 bits per heavy atom. The molecule has 0 bridgehead atoms. The predicted molar refractivity (Wildman–Crippen MR) is 51.4 cm³/mol. The van der Waals surface area contributed by atoms with Crippen LogP contribution in [-0.4, -0.2) is 18.4 Å². The number of fused-ring (bicyclic) bond motifs is 1. The standard InChI is InChI=1S/C10H18N2/c1-9(2)5-10(3,4)8-7(9)11-6-12-8/h6-8H,5H2,1-4H3,(H,11,12)/t7-,8-/m1/s1. The first-order valence-electron chi connectivity index (χ1n) is 4.71. The second-order valence-corrected chi connectivity index (χ2v) is 5.52. The Hall–Kier alpha value is -0.530. The molecule has 68 valence electrons. The zero-order valence-corrected chi connectivity index (χ0v) is 8.39. The van der Waals surface area contributed by atoms with Gasteiger partial charge in [-0.15, -0.1) is 0 Å². The smallest absolute Gasteiger partial charge is 0.0831 e. The lowest BCUT2D eigenvalue weighted by molar-refractivity contribution is 0.282. The van der Waals surface area contributed by atoms with E-state index in [-0.39, 0.29) is 0 Å². The minimum absolute atomic E-state index is 0.369. The van der Waals surface area contributed by atoms with Crippen LogP contribution in [0.15, 0.2) is 4.99 Å². The quantitative estimate of drug-likeness (QED) is 0.583. The van der Waals surface area contributed by atoms with E-state index in [1.165, 1.54) is 6.42 Å². The second kappa shape index (κ2) is 2.04. The van der Waals surface area contributed by atoms with E-state index in [1.54, 1.807) is 0 Å². The molecule has 0 spiro atoms. The number of nitrogens with one attached hydrogen (secondary N) is 1. The molecule has 2 atom stereocenters. The lowest BCUT2D eigenvalue weighted by Gasteiger charge is -2.25. The molecule has 1 N–H and O–H groups in total. The van der Waals surface area contributed by atoms with Crippen LogP contribution in [0, 0.1) is 10.8 Å². The maximum Gasteiger partial charge on any atom is 0.0831 e. The molecular formula is C10H18N2. The van der Waals surface area contributed by atoms with Crippen molar-refractivity contribution in [2.45, 2.75) is 46.2 Å². The molecule has 1 aliphatic heterocycles. The molecule has 0 saturated heterocycles. The maximum atomic E-state index is 4.51. The molecule has 1 fully saturated rings. The van der Waals surface area contributed by atoms with Crippen LogP contribution in [0.5, 0.6) is 0 Å². The maximum absolute atomic E-state index is 4.51. The molecule has 1 heterocycles. The highest BCUT2D eigenvalue weighted by atomic mass is 15.1. The van der Waals surface area contributed by atoms with E-state index in [4.69, 9.17) is 0 Å². The van der Waals surface area contributed by atoms with Crippen molar-refractivity contribution in [2.24, 2.45) is 15.8 Å². The minimum atomic E-state index is 0.369. The van der Waals surface area contributed by atoms with Crippen molar-refractivity contribution in [3.05, 3.63) is 0 Å². The SMILES string of the molecule is CC1(C)CC(C)(C)[C@@H]2NC=N[C@H]21. The normalized spacial score (nSPS) is 41.0. The van der Waals surface area contributed by atoms with Gasteiger partial charge in [0.2, 0.25) is 0 Å². The molecule has 0 amide bonds. The fraction of sp³-hybridized carbons (Fsp3) is 0.900. The fourth-order valence-electron chi connectivity index (χ4n) is 3.08. The van der Waals surface area contributed by atoms with Crippen LogP contribution >= 0.6 is 0 Å². The van der Waals surface area contributed by atoms with E-state index < -0.39 is 0 Å². The molecule has 2 heteroatoms. The van der Waals surface area contributed by atoms with Crippen LogP contribution in [0.1, 0.15) is 34.1 Å². The summed E-state index contributed by atoms with van der Waals surface area (Å²) in [5.41, 5.74) is 0.763. The Bertz CT molecular complexity index is 228. The van der Waals surface area contributed by atoms with Gasteiger partial charge in [-0.1, -0.05) is 27.7 Å². The number of aliphatic imine (C=N–C) groups is 1. The summed E-state index contributed by atoms with van der Waals surface area (Å²) in [6.07, 6.45) is 3.15. The van der Waals surface area contributed by atoms with Gasteiger partial charge >= 0.3 is 0 Å². The van der Waals surface area contributed by atoms with Crippen LogP contribution < -0.4 is 5.32 Å². The van der Waals surface area contributed by atoms with Gasteiger partial charge < -0.3 is 5.32 Å². The molecule has 0 aromatic rings. The molecule has 0 radical (unpaired) electrons. The second-order valence-electron chi connectivity index (χ2n) is 5.52. The van der Waals surface area contributed by atoms with E-state index in [0.29, 0.717) is 22.9 Å². The van der Waals surface area contributed by atoms with Crippen LogP contribution in [0.3, 0.4) is 0 Å². The fourth-order valence-corrected chi connectivity index (χ4v) is 3.08. The third-order valence-corrected chi connectivity index (χ3v) is 3.36. The summed E-state index contributed by atoms with van der Waals surface area (Å²) in [4.78, 5) is 4.51. The summed E-state index contributed by atoms with van der Waals surface area (Å²) >= 11 is 0. The highest BCUT2D eigenvalue weighted by Crippen LogP contribution is 2.51. The molecule has 1 saturated carbocycles. The van der Waals surface area contributed by atoms with Crippen LogP contribution in [0.25, 0.3) is 0 Å². The molecule has 1 aliphatic carbocycles.